The summed E-state index contributed by atoms with van der Waals surface area (Å²) in [5, 5.41) is 0.806. The van der Waals surface area contributed by atoms with Crippen molar-refractivity contribution in [3.8, 4) is 0 Å². The maximum atomic E-state index is 13.6. The maximum Gasteiger partial charge on any atom is 0.243 e. The van der Waals surface area contributed by atoms with E-state index in [0.29, 0.717) is 31.1 Å². The van der Waals surface area contributed by atoms with Crippen molar-refractivity contribution in [2.45, 2.75) is 44.4 Å². The molecule has 4 rings (SSSR count). The lowest BCUT2D eigenvalue weighted by Crippen LogP contribution is -2.48. The minimum atomic E-state index is -3.60. The van der Waals surface area contributed by atoms with E-state index in [4.69, 9.17) is 0 Å². The highest BCUT2D eigenvalue weighted by molar-refractivity contribution is 7.89. The van der Waals surface area contributed by atoms with E-state index >= 15 is 0 Å². The van der Waals surface area contributed by atoms with E-state index in [1.165, 1.54) is 5.56 Å². The van der Waals surface area contributed by atoms with Gasteiger partial charge < -0.3 is 4.90 Å². The molecule has 0 bridgehead atoms. The lowest BCUT2D eigenvalue weighted by molar-refractivity contribution is 0.204. The molecule has 198 valence electrons. The van der Waals surface area contributed by atoms with Crippen LogP contribution in [0.15, 0.2) is 65.8 Å². The van der Waals surface area contributed by atoms with Gasteiger partial charge in [-0.3, -0.25) is 4.90 Å². The molecular weight excluding hydrogens is 482 g/mol. The first-order chi connectivity index (χ1) is 18.0. The quantitative estimate of drug-likeness (QED) is 0.332. The number of fused-ring (bicyclic) bond motifs is 1. The molecule has 0 saturated carbocycles. The molecule has 0 spiro atoms. The second kappa shape index (κ2) is 13.1. The summed E-state index contributed by atoms with van der Waals surface area (Å²) in [5.41, 5.74) is 1.95. The van der Waals surface area contributed by atoms with Crippen molar-refractivity contribution in [2.75, 3.05) is 50.7 Å². The van der Waals surface area contributed by atoms with Crippen molar-refractivity contribution in [1.29, 1.82) is 0 Å². The van der Waals surface area contributed by atoms with E-state index in [2.05, 4.69) is 57.9 Å². The van der Waals surface area contributed by atoms with Crippen LogP contribution >= 0.6 is 0 Å². The first-order valence-electron chi connectivity index (χ1n) is 13.5. The molecule has 7 nitrogen and oxygen atoms in total. The van der Waals surface area contributed by atoms with Gasteiger partial charge in [0.25, 0.3) is 0 Å². The van der Waals surface area contributed by atoms with Gasteiger partial charge in [-0.15, -0.1) is 0 Å². The Balaban J connectivity index is 1.48. The van der Waals surface area contributed by atoms with Gasteiger partial charge in [-0.2, -0.15) is 4.31 Å². The summed E-state index contributed by atoms with van der Waals surface area (Å²) in [6.45, 7) is 9.36. The van der Waals surface area contributed by atoms with Crippen molar-refractivity contribution in [3.63, 3.8) is 0 Å². The smallest absolute Gasteiger partial charge is 0.243 e. The molecule has 1 aromatic heterocycles. The summed E-state index contributed by atoms with van der Waals surface area (Å²) in [6.07, 6.45) is 10.2. The molecule has 0 N–H and O–H groups in total. The molecule has 3 aromatic rings. The third kappa shape index (κ3) is 6.94. The highest BCUT2D eigenvalue weighted by Crippen LogP contribution is 2.28. The summed E-state index contributed by atoms with van der Waals surface area (Å²) >= 11 is 0. The van der Waals surface area contributed by atoms with Crippen LogP contribution in [-0.2, 0) is 10.0 Å². The first kappa shape index (κ1) is 27.2. The Morgan fingerprint density at radius 3 is 2.30 bits per heavy atom. The molecule has 0 unspecified atom stereocenters. The predicted molar refractivity (Wildman–Crippen MR) is 152 cm³/mol. The van der Waals surface area contributed by atoms with Crippen molar-refractivity contribution in [3.05, 3.63) is 66.5 Å². The van der Waals surface area contributed by atoms with E-state index < -0.39 is 10.0 Å². The molecule has 1 fully saturated rings. The molecule has 8 heteroatoms. The van der Waals surface area contributed by atoms with Crippen LogP contribution in [0, 0.1) is 0 Å². The third-order valence-electron chi connectivity index (χ3n) is 6.89. The molecule has 1 aliphatic rings. The number of aromatic nitrogens is 2. The number of benzene rings is 2. The Labute approximate surface area is 221 Å². The number of nitrogens with zero attached hydrogens (tertiary/aromatic N) is 5. The zero-order chi connectivity index (χ0) is 26.1. The largest absolute Gasteiger partial charge is 0.356 e. The van der Waals surface area contributed by atoms with Crippen LogP contribution in [0.25, 0.3) is 17.0 Å². The third-order valence-corrected chi connectivity index (χ3v) is 8.79. The van der Waals surface area contributed by atoms with Crippen LogP contribution in [0.2, 0.25) is 0 Å². The van der Waals surface area contributed by atoms with E-state index in [0.717, 1.165) is 62.0 Å². The maximum absolute atomic E-state index is 13.6. The predicted octanol–water partition coefficient (Wildman–Crippen LogP) is 5.06. The molecule has 1 aliphatic heterocycles. The summed E-state index contributed by atoms with van der Waals surface area (Å²) in [7, 11) is -3.60. The summed E-state index contributed by atoms with van der Waals surface area (Å²) in [4.78, 5) is 13.9. The van der Waals surface area contributed by atoms with Crippen molar-refractivity contribution in [2.24, 2.45) is 0 Å². The van der Waals surface area contributed by atoms with Crippen molar-refractivity contribution < 1.29 is 8.42 Å². The van der Waals surface area contributed by atoms with E-state index in [1.54, 1.807) is 22.8 Å². The monoisotopic (exact) mass is 521 g/mol. The van der Waals surface area contributed by atoms with Crippen LogP contribution < -0.4 is 4.90 Å². The molecule has 2 heterocycles. The summed E-state index contributed by atoms with van der Waals surface area (Å²) in [5.74, 6) is 0.832. The van der Waals surface area contributed by atoms with Crippen LogP contribution in [-0.4, -0.2) is 73.4 Å². The molecule has 0 atom stereocenters. The van der Waals surface area contributed by atoms with Gasteiger partial charge in [-0.1, -0.05) is 69.2 Å². The van der Waals surface area contributed by atoms with E-state index in [-0.39, 0.29) is 0 Å². The van der Waals surface area contributed by atoms with E-state index in [9.17, 15) is 8.42 Å². The van der Waals surface area contributed by atoms with Gasteiger partial charge in [0, 0.05) is 51.2 Å². The Morgan fingerprint density at radius 2 is 1.62 bits per heavy atom. The minimum absolute atomic E-state index is 0.319. The zero-order valence-corrected chi connectivity index (χ0v) is 22.9. The molecule has 0 aliphatic carbocycles. The van der Waals surface area contributed by atoms with Crippen LogP contribution in [0.3, 0.4) is 0 Å². The van der Waals surface area contributed by atoms with Gasteiger partial charge >= 0.3 is 0 Å². The van der Waals surface area contributed by atoms with Gasteiger partial charge in [0.1, 0.15) is 12.1 Å². The van der Waals surface area contributed by atoms with Crippen LogP contribution in [0.5, 0.6) is 0 Å². The molecule has 1 saturated heterocycles. The van der Waals surface area contributed by atoms with Crippen molar-refractivity contribution in [1.82, 2.24) is 19.2 Å². The Bertz CT molecular complexity index is 1260. The second-order valence-corrected chi connectivity index (χ2v) is 11.5. The fourth-order valence-electron chi connectivity index (χ4n) is 4.66. The van der Waals surface area contributed by atoms with Gasteiger partial charge in [0.2, 0.25) is 10.0 Å². The Hall–Kier alpha value is -2.81. The van der Waals surface area contributed by atoms with Gasteiger partial charge in [-0.05, 0) is 36.6 Å². The Kier molecular flexibility index (Phi) is 9.66. The highest BCUT2D eigenvalue weighted by Gasteiger charge is 2.29. The molecule has 37 heavy (non-hydrogen) atoms. The van der Waals surface area contributed by atoms with Gasteiger partial charge in [0.05, 0.1) is 10.4 Å². The average molecular weight is 522 g/mol. The normalized spacial score (nSPS) is 15.5. The number of anilines is 1. The van der Waals surface area contributed by atoms with Crippen molar-refractivity contribution >= 4 is 32.8 Å². The Morgan fingerprint density at radius 1 is 0.919 bits per heavy atom. The number of unbranched alkanes of at least 4 members (excludes halogenated alkanes) is 2. The number of hydrogen-bond donors (Lipinski definition) is 0. The number of sulfonamides is 1. The number of rotatable bonds is 12. The average Bonchev–Trinajstić information content (AvgIpc) is 2.93. The SMILES string of the molecule is CCCCN(CCCC)c1ncnc2ccc(S(=O)(=O)N3CCN(C/C=C/c4ccccc4)CC3)cc12. The second-order valence-electron chi connectivity index (χ2n) is 9.59. The highest BCUT2D eigenvalue weighted by atomic mass is 32.2. The summed E-state index contributed by atoms with van der Waals surface area (Å²) < 4.78 is 28.8. The van der Waals surface area contributed by atoms with Crippen LogP contribution in [0.1, 0.15) is 45.1 Å². The topological polar surface area (TPSA) is 69.6 Å². The molecule has 0 radical (unpaired) electrons. The molecule has 0 amide bonds. The van der Waals surface area contributed by atoms with Gasteiger partial charge in [-0.25, -0.2) is 18.4 Å². The molecule has 2 aromatic carbocycles. The van der Waals surface area contributed by atoms with Gasteiger partial charge in [0.15, 0.2) is 0 Å². The fraction of sp³-hybridized carbons (Fsp3) is 0.448. The standard InChI is InChI=1S/C29H39N5O2S/c1-3-5-17-33(18-6-4-2)29-27-23-26(14-15-28(27)30-24-31-29)37(35,36)34-21-19-32(20-22-34)16-10-13-25-11-8-7-9-12-25/h7-15,23-24H,3-6,16-22H2,1-2H3/b13-10+. The number of piperazine rings is 1. The van der Waals surface area contributed by atoms with Crippen LogP contribution in [0.4, 0.5) is 5.82 Å². The lowest BCUT2D eigenvalue weighted by Gasteiger charge is -2.33. The lowest BCUT2D eigenvalue weighted by atomic mass is 10.2. The molecular formula is C29H39N5O2S. The van der Waals surface area contributed by atoms with E-state index in [1.807, 2.05) is 24.3 Å². The zero-order valence-electron chi connectivity index (χ0n) is 22.1. The fourth-order valence-corrected chi connectivity index (χ4v) is 6.11. The summed E-state index contributed by atoms with van der Waals surface area (Å²) in [6, 6.07) is 15.5. The first-order valence-corrected chi connectivity index (χ1v) is 14.9. The number of hydrogen-bond acceptors (Lipinski definition) is 6. The minimum Gasteiger partial charge on any atom is -0.356 e.